The average Bonchev–Trinajstić information content (AvgIpc) is 2.76. The highest BCUT2D eigenvalue weighted by molar-refractivity contribution is 7.92. The van der Waals surface area contributed by atoms with Crippen LogP contribution in [0.15, 0.2) is 33.7 Å². The standard InChI is InChI=1S/C13H15FN2O3S/c1-8(2)11-7-12(15-19-11)16-20(17,18)13-9(3)5-4-6-10(13)14/h4-8H,1-3H3,(H,15,16). The molecule has 0 spiro atoms. The van der Waals surface area contributed by atoms with E-state index in [0.29, 0.717) is 11.3 Å². The van der Waals surface area contributed by atoms with Crippen molar-refractivity contribution >= 4 is 15.8 Å². The highest BCUT2D eigenvalue weighted by Gasteiger charge is 2.23. The Morgan fingerprint density at radius 1 is 1.35 bits per heavy atom. The predicted octanol–water partition coefficient (Wildman–Crippen LogP) is 3.05. The molecule has 1 aromatic heterocycles. The lowest BCUT2D eigenvalue weighted by molar-refractivity contribution is 0.373. The Kier molecular flexibility index (Phi) is 3.80. The Bertz CT molecular complexity index is 703. The Labute approximate surface area is 116 Å². The fourth-order valence-electron chi connectivity index (χ4n) is 1.76. The second-order valence-corrected chi connectivity index (χ2v) is 6.38. The van der Waals surface area contributed by atoms with Crippen LogP contribution in [-0.4, -0.2) is 13.6 Å². The summed E-state index contributed by atoms with van der Waals surface area (Å²) in [6.45, 7) is 5.31. The molecule has 0 saturated carbocycles. The molecule has 1 heterocycles. The highest BCUT2D eigenvalue weighted by Crippen LogP contribution is 2.23. The molecule has 2 rings (SSSR count). The molecule has 0 fully saturated rings. The van der Waals surface area contributed by atoms with Gasteiger partial charge >= 0.3 is 0 Å². The second-order valence-electron chi connectivity index (χ2n) is 4.76. The van der Waals surface area contributed by atoms with Gasteiger partial charge in [-0.3, -0.25) is 4.72 Å². The summed E-state index contributed by atoms with van der Waals surface area (Å²) in [7, 11) is -4.03. The maximum absolute atomic E-state index is 13.7. The van der Waals surface area contributed by atoms with Crippen LogP contribution in [0.25, 0.3) is 0 Å². The largest absolute Gasteiger partial charge is 0.359 e. The molecule has 1 N–H and O–H groups in total. The summed E-state index contributed by atoms with van der Waals surface area (Å²) in [6.07, 6.45) is 0. The van der Waals surface area contributed by atoms with Crippen LogP contribution in [0.1, 0.15) is 31.1 Å². The number of hydrogen-bond acceptors (Lipinski definition) is 4. The lowest BCUT2D eigenvalue weighted by atomic mass is 10.2. The van der Waals surface area contributed by atoms with E-state index in [1.807, 2.05) is 13.8 Å². The third-order valence-corrected chi connectivity index (χ3v) is 4.30. The highest BCUT2D eigenvalue weighted by atomic mass is 32.2. The van der Waals surface area contributed by atoms with Crippen molar-refractivity contribution < 1.29 is 17.3 Å². The fraction of sp³-hybridized carbons (Fsp3) is 0.308. The van der Waals surface area contributed by atoms with Crippen LogP contribution < -0.4 is 4.72 Å². The first kappa shape index (κ1) is 14.5. The zero-order chi connectivity index (χ0) is 14.9. The van der Waals surface area contributed by atoms with E-state index in [9.17, 15) is 12.8 Å². The number of sulfonamides is 1. The van der Waals surface area contributed by atoms with E-state index in [0.717, 1.165) is 6.07 Å². The van der Waals surface area contributed by atoms with E-state index in [1.165, 1.54) is 25.1 Å². The number of rotatable bonds is 4. The number of nitrogens with zero attached hydrogens (tertiary/aromatic N) is 1. The maximum Gasteiger partial charge on any atom is 0.266 e. The van der Waals surface area contributed by atoms with Gasteiger partial charge in [0, 0.05) is 12.0 Å². The summed E-state index contributed by atoms with van der Waals surface area (Å²) in [5.74, 6) is -0.134. The van der Waals surface area contributed by atoms with Crippen molar-refractivity contribution in [3.63, 3.8) is 0 Å². The first-order valence-corrected chi connectivity index (χ1v) is 7.54. The van der Waals surface area contributed by atoms with E-state index >= 15 is 0 Å². The molecule has 1 aromatic carbocycles. The van der Waals surface area contributed by atoms with Crippen LogP contribution in [-0.2, 0) is 10.0 Å². The Morgan fingerprint density at radius 2 is 2.05 bits per heavy atom. The quantitative estimate of drug-likeness (QED) is 0.941. The van der Waals surface area contributed by atoms with Crippen LogP contribution in [0.2, 0.25) is 0 Å². The number of aryl methyl sites for hydroxylation is 1. The van der Waals surface area contributed by atoms with E-state index in [-0.39, 0.29) is 16.6 Å². The van der Waals surface area contributed by atoms with Gasteiger partial charge in [-0.1, -0.05) is 31.1 Å². The number of nitrogens with one attached hydrogen (secondary N) is 1. The van der Waals surface area contributed by atoms with Gasteiger partial charge < -0.3 is 4.52 Å². The summed E-state index contributed by atoms with van der Waals surface area (Å²) in [4.78, 5) is -0.380. The van der Waals surface area contributed by atoms with Crippen molar-refractivity contribution in [2.75, 3.05) is 4.72 Å². The van der Waals surface area contributed by atoms with Crippen LogP contribution in [0.4, 0.5) is 10.2 Å². The van der Waals surface area contributed by atoms with Gasteiger partial charge in [-0.2, -0.15) is 0 Å². The lowest BCUT2D eigenvalue weighted by Crippen LogP contribution is -2.16. The summed E-state index contributed by atoms with van der Waals surface area (Å²) < 4.78 is 45.3. The van der Waals surface area contributed by atoms with E-state index < -0.39 is 15.8 Å². The van der Waals surface area contributed by atoms with E-state index in [2.05, 4.69) is 9.88 Å². The average molecular weight is 298 g/mol. The molecule has 20 heavy (non-hydrogen) atoms. The minimum absolute atomic E-state index is 0.0383. The van der Waals surface area contributed by atoms with Crippen LogP contribution >= 0.6 is 0 Å². The van der Waals surface area contributed by atoms with Crippen LogP contribution in [0.3, 0.4) is 0 Å². The van der Waals surface area contributed by atoms with Gasteiger partial charge in [0.15, 0.2) is 5.82 Å². The summed E-state index contributed by atoms with van der Waals surface area (Å²) >= 11 is 0. The minimum Gasteiger partial charge on any atom is -0.359 e. The molecule has 0 aliphatic rings. The summed E-state index contributed by atoms with van der Waals surface area (Å²) in [6, 6.07) is 5.57. The summed E-state index contributed by atoms with van der Waals surface area (Å²) in [5.41, 5.74) is 0.324. The summed E-state index contributed by atoms with van der Waals surface area (Å²) in [5, 5.41) is 3.62. The fourth-order valence-corrected chi connectivity index (χ4v) is 3.05. The Morgan fingerprint density at radius 3 is 2.60 bits per heavy atom. The number of benzene rings is 1. The third-order valence-electron chi connectivity index (χ3n) is 2.77. The first-order chi connectivity index (χ1) is 9.31. The number of halogens is 1. The maximum atomic E-state index is 13.7. The Balaban J connectivity index is 2.36. The lowest BCUT2D eigenvalue weighted by Gasteiger charge is -2.08. The molecule has 0 aliphatic heterocycles. The predicted molar refractivity (Wildman–Crippen MR) is 72.5 cm³/mol. The van der Waals surface area contributed by atoms with Gasteiger partial charge in [0.2, 0.25) is 0 Å². The molecule has 0 unspecified atom stereocenters. The molecule has 0 radical (unpaired) electrons. The van der Waals surface area contributed by atoms with Crippen molar-refractivity contribution in [1.29, 1.82) is 0 Å². The zero-order valence-electron chi connectivity index (χ0n) is 11.3. The van der Waals surface area contributed by atoms with Crippen LogP contribution in [0.5, 0.6) is 0 Å². The van der Waals surface area contributed by atoms with Gasteiger partial charge in [-0.05, 0) is 18.6 Å². The Hall–Kier alpha value is -1.89. The third kappa shape index (κ3) is 2.82. The van der Waals surface area contributed by atoms with Crippen molar-refractivity contribution in [3.05, 3.63) is 41.4 Å². The number of anilines is 1. The second kappa shape index (κ2) is 5.24. The molecule has 0 atom stereocenters. The van der Waals surface area contributed by atoms with E-state index in [4.69, 9.17) is 4.52 Å². The van der Waals surface area contributed by atoms with Gasteiger partial charge in [0.1, 0.15) is 16.5 Å². The van der Waals surface area contributed by atoms with Crippen molar-refractivity contribution in [2.24, 2.45) is 0 Å². The first-order valence-electron chi connectivity index (χ1n) is 6.06. The van der Waals surface area contributed by atoms with Gasteiger partial charge in [-0.15, -0.1) is 0 Å². The zero-order valence-corrected chi connectivity index (χ0v) is 12.2. The normalized spacial score (nSPS) is 11.8. The van der Waals surface area contributed by atoms with Crippen molar-refractivity contribution in [1.82, 2.24) is 5.16 Å². The minimum atomic E-state index is -4.03. The number of hydrogen-bond donors (Lipinski definition) is 1. The molecule has 108 valence electrons. The molecule has 0 aliphatic carbocycles. The smallest absolute Gasteiger partial charge is 0.266 e. The molecule has 0 amide bonds. The molecule has 7 heteroatoms. The molecular weight excluding hydrogens is 283 g/mol. The van der Waals surface area contributed by atoms with Gasteiger partial charge in [-0.25, -0.2) is 12.8 Å². The van der Waals surface area contributed by atoms with Crippen molar-refractivity contribution in [3.8, 4) is 0 Å². The van der Waals surface area contributed by atoms with Crippen molar-refractivity contribution in [2.45, 2.75) is 31.6 Å². The van der Waals surface area contributed by atoms with E-state index in [1.54, 1.807) is 0 Å². The topological polar surface area (TPSA) is 72.2 Å². The molecule has 2 aromatic rings. The SMILES string of the molecule is Cc1cccc(F)c1S(=O)(=O)Nc1cc(C(C)C)on1. The molecule has 0 bridgehead atoms. The van der Waals surface area contributed by atoms with Gasteiger partial charge in [0.05, 0.1) is 0 Å². The monoisotopic (exact) mass is 298 g/mol. The molecular formula is C13H15FN2O3S. The molecule has 0 saturated heterocycles. The number of aromatic nitrogens is 1. The van der Waals surface area contributed by atoms with Crippen LogP contribution in [0, 0.1) is 12.7 Å². The van der Waals surface area contributed by atoms with Gasteiger partial charge in [0.25, 0.3) is 10.0 Å². The molecule has 5 nitrogen and oxygen atoms in total.